The van der Waals surface area contributed by atoms with Crippen molar-refractivity contribution in [1.29, 1.82) is 0 Å². The van der Waals surface area contributed by atoms with Crippen LogP contribution >= 0.6 is 0 Å². The molecule has 0 aliphatic heterocycles. The minimum absolute atomic E-state index is 0.337. The first-order chi connectivity index (χ1) is 7.95. The van der Waals surface area contributed by atoms with Gasteiger partial charge in [0.05, 0.1) is 0 Å². The maximum atomic E-state index is 12.1. The predicted octanol–water partition coefficient (Wildman–Crippen LogP) is 4.45. The third kappa shape index (κ3) is 2.30. The van der Waals surface area contributed by atoms with Crippen molar-refractivity contribution in [3.8, 4) is 0 Å². The molecule has 0 bridgehead atoms. The van der Waals surface area contributed by atoms with Gasteiger partial charge >= 0.3 is 0 Å². The van der Waals surface area contributed by atoms with Crippen molar-refractivity contribution in [3.63, 3.8) is 0 Å². The molecule has 2 aliphatic rings. The summed E-state index contributed by atoms with van der Waals surface area (Å²) in [7, 11) is 0. The number of fused-ring (bicyclic) bond motifs is 1. The summed E-state index contributed by atoms with van der Waals surface area (Å²) in [6.07, 6.45) is 7.06. The largest absolute Gasteiger partial charge is 0.299 e. The van der Waals surface area contributed by atoms with Gasteiger partial charge < -0.3 is 0 Å². The Kier molecular flexibility index (Phi) is 3.66. The third-order valence-corrected chi connectivity index (χ3v) is 5.47. The van der Waals surface area contributed by atoms with Crippen LogP contribution in [0.3, 0.4) is 0 Å². The second-order valence-electron chi connectivity index (χ2n) is 7.17. The van der Waals surface area contributed by atoms with E-state index in [9.17, 15) is 4.79 Å². The first-order valence-electron chi connectivity index (χ1n) is 7.48. The molecule has 4 atom stereocenters. The molecule has 0 unspecified atom stereocenters. The van der Waals surface area contributed by atoms with Gasteiger partial charge in [0.1, 0.15) is 5.78 Å². The van der Waals surface area contributed by atoms with Crippen LogP contribution in [0.4, 0.5) is 0 Å². The number of Topliss-reactive ketones (excluding diaryl/α,β-unsaturated/α-hetero) is 1. The summed E-state index contributed by atoms with van der Waals surface area (Å²) in [4.78, 5) is 12.1. The smallest absolute Gasteiger partial charge is 0.136 e. The minimum atomic E-state index is 0.337. The summed E-state index contributed by atoms with van der Waals surface area (Å²) in [6, 6.07) is 0. The standard InChI is InChI=1S/C16H28O/c1-11(2)10-12(3)13-7-8-14-15(17)6-5-9-16(13,14)4/h11-14H,5-10H2,1-4H3/t12-,13+,14-,16+/m0/s1. The van der Waals surface area contributed by atoms with Gasteiger partial charge in [0.25, 0.3) is 0 Å². The second kappa shape index (κ2) is 4.74. The van der Waals surface area contributed by atoms with Crippen molar-refractivity contribution in [2.24, 2.45) is 29.1 Å². The lowest BCUT2D eigenvalue weighted by molar-refractivity contribution is -0.130. The highest BCUT2D eigenvalue weighted by atomic mass is 16.1. The normalized spacial score (nSPS) is 39.5. The van der Waals surface area contributed by atoms with E-state index in [4.69, 9.17) is 0 Å². The topological polar surface area (TPSA) is 17.1 Å². The van der Waals surface area contributed by atoms with Crippen LogP contribution in [0.2, 0.25) is 0 Å². The van der Waals surface area contributed by atoms with E-state index < -0.39 is 0 Å². The van der Waals surface area contributed by atoms with Crippen molar-refractivity contribution in [2.45, 2.75) is 66.2 Å². The Balaban J connectivity index is 2.12. The van der Waals surface area contributed by atoms with Crippen LogP contribution in [0.1, 0.15) is 66.2 Å². The highest BCUT2D eigenvalue weighted by molar-refractivity contribution is 5.83. The van der Waals surface area contributed by atoms with Gasteiger partial charge in [-0.1, -0.05) is 27.7 Å². The predicted molar refractivity (Wildman–Crippen MR) is 71.8 cm³/mol. The van der Waals surface area contributed by atoms with Crippen LogP contribution in [-0.2, 0) is 4.79 Å². The van der Waals surface area contributed by atoms with Gasteiger partial charge in [0, 0.05) is 12.3 Å². The average Bonchev–Trinajstić information content (AvgIpc) is 2.55. The zero-order valence-electron chi connectivity index (χ0n) is 12.0. The number of hydrogen-bond acceptors (Lipinski definition) is 1. The summed E-state index contributed by atoms with van der Waals surface area (Å²) in [5.41, 5.74) is 0.337. The maximum Gasteiger partial charge on any atom is 0.136 e. The van der Waals surface area contributed by atoms with Crippen molar-refractivity contribution >= 4 is 5.78 Å². The molecule has 0 radical (unpaired) electrons. The molecule has 0 spiro atoms. The first-order valence-corrected chi connectivity index (χ1v) is 7.48. The number of carbonyl (C=O) groups excluding carboxylic acids is 1. The molecular formula is C16H28O. The Labute approximate surface area is 106 Å². The summed E-state index contributed by atoms with van der Waals surface area (Å²) in [5.74, 6) is 3.33. The Bertz CT molecular complexity index is 294. The summed E-state index contributed by atoms with van der Waals surface area (Å²) in [5, 5.41) is 0. The van der Waals surface area contributed by atoms with Crippen LogP contribution < -0.4 is 0 Å². The molecule has 0 aromatic rings. The number of ketones is 1. The van der Waals surface area contributed by atoms with E-state index >= 15 is 0 Å². The lowest BCUT2D eigenvalue weighted by atomic mass is 9.61. The zero-order chi connectivity index (χ0) is 12.6. The third-order valence-electron chi connectivity index (χ3n) is 5.47. The Hall–Kier alpha value is -0.330. The molecule has 2 rings (SSSR count). The van der Waals surface area contributed by atoms with Crippen molar-refractivity contribution in [3.05, 3.63) is 0 Å². The van der Waals surface area contributed by atoms with Gasteiger partial charge in [-0.25, -0.2) is 0 Å². The van der Waals surface area contributed by atoms with Crippen LogP contribution in [0, 0.1) is 29.1 Å². The Morgan fingerprint density at radius 2 is 2.00 bits per heavy atom. The van der Waals surface area contributed by atoms with Gasteiger partial charge in [-0.3, -0.25) is 4.79 Å². The van der Waals surface area contributed by atoms with Gasteiger partial charge in [-0.2, -0.15) is 0 Å². The number of rotatable bonds is 3. The fraction of sp³-hybridized carbons (Fsp3) is 0.938. The maximum absolute atomic E-state index is 12.1. The highest BCUT2D eigenvalue weighted by Gasteiger charge is 2.52. The fourth-order valence-corrected chi connectivity index (χ4v) is 4.81. The van der Waals surface area contributed by atoms with E-state index in [0.29, 0.717) is 17.1 Å². The number of carbonyl (C=O) groups is 1. The number of hydrogen-bond donors (Lipinski definition) is 0. The molecule has 2 fully saturated rings. The second-order valence-corrected chi connectivity index (χ2v) is 7.17. The molecular weight excluding hydrogens is 208 g/mol. The van der Waals surface area contributed by atoms with Gasteiger partial charge in [-0.05, 0) is 55.3 Å². The van der Waals surface area contributed by atoms with Crippen LogP contribution in [0.5, 0.6) is 0 Å². The average molecular weight is 236 g/mol. The molecule has 0 saturated heterocycles. The van der Waals surface area contributed by atoms with Gasteiger partial charge in [0.15, 0.2) is 0 Å². The van der Waals surface area contributed by atoms with E-state index in [-0.39, 0.29) is 0 Å². The molecule has 0 aromatic carbocycles. The van der Waals surface area contributed by atoms with Crippen LogP contribution in [0.15, 0.2) is 0 Å². The molecule has 0 aromatic heterocycles. The van der Waals surface area contributed by atoms with E-state index in [1.165, 1.54) is 25.7 Å². The van der Waals surface area contributed by atoms with Crippen LogP contribution in [-0.4, -0.2) is 5.78 Å². The van der Waals surface area contributed by atoms with Crippen LogP contribution in [0.25, 0.3) is 0 Å². The lowest BCUT2D eigenvalue weighted by Crippen LogP contribution is -2.39. The summed E-state index contributed by atoms with van der Waals surface area (Å²) < 4.78 is 0. The molecule has 1 nitrogen and oxygen atoms in total. The molecule has 2 aliphatic carbocycles. The Morgan fingerprint density at radius 3 is 2.65 bits per heavy atom. The van der Waals surface area contributed by atoms with E-state index in [0.717, 1.165) is 30.6 Å². The quantitative estimate of drug-likeness (QED) is 0.707. The molecule has 0 amide bonds. The van der Waals surface area contributed by atoms with E-state index in [1.807, 2.05) is 0 Å². The fourth-order valence-electron chi connectivity index (χ4n) is 4.81. The molecule has 2 saturated carbocycles. The Morgan fingerprint density at radius 1 is 1.29 bits per heavy atom. The van der Waals surface area contributed by atoms with E-state index in [2.05, 4.69) is 27.7 Å². The molecule has 1 heteroatoms. The van der Waals surface area contributed by atoms with Crippen molar-refractivity contribution < 1.29 is 4.79 Å². The minimum Gasteiger partial charge on any atom is -0.299 e. The summed E-state index contributed by atoms with van der Waals surface area (Å²) >= 11 is 0. The lowest BCUT2D eigenvalue weighted by Gasteiger charge is -2.42. The zero-order valence-corrected chi connectivity index (χ0v) is 12.0. The molecule has 98 valence electrons. The monoisotopic (exact) mass is 236 g/mol. The van der Waals surface area contributed by atoms with Gasteiger partial charge in [-0.15, -0.1) is 0 Å². The molecule has 17 heavy (non-hydrogen) atoms. The van der Waals surface area contributed by atoms with Crippen molar-refractivity contribution in [2.75, 3.05) is 0 Å². The molecule has 0 heterocycles. The SMILES string of the molecule is CC(C)C[C@H](C)[C@H]1CC[C@H]2C(=O)CCC[C@]12C. The highest BCUT2D eigenvalue weighted by Crippen LogP contribution is 2.57. The van der Waals surface area contributed by atoms with Gasteiger partial charge in [0.2, 0.25) is 0 Å². The first kappa shape index (κ1) is 13.1. The molecule has 0 N–H and O–H groups in total. The van der Waals surface area contributed by atoms with E-state index in [1.54, 1.807) is 0 Å². The summed E-state index contributed by atoms with van der Waals surface area (Å²) in [6.45, 7) is 9.45. The van der Waals surface area contributed by atoms with Crippen molar-refractivity contribution in [1.82, 2.24) is 0 Å².